The molecule has 1 aromatic carbocycles. The van der Waals surface area contributed by atoms with Gasteiger partial charge in [0.2, 0.25) is 0 Å². The molecular weight excluding hydrogens is 192 g/mol. The molecule has 0 amide bonds. The Morgan fingerprint density at radius 3 is 2.86 bits per heavy atom. The molecule has 0 atom stereocenters. The summed E-state index contributed by atoms with van der Waals surface area (Å²) in [4.78, 5) is 0. The summed E-state index contributed by atoms with van der Waals surface area (Å²) in [5.74, 6) is 0. The maximum Gasteiger partial charge on any atom is 0.105 e. The van der Waals surface area contributed by atoms with Gasteiger partial charge in [0.25, 0.3) is 0 Å². The Labute approximate surface area is 88.1 Å². The Balaban J connectivity index is 2.53. The minimum atomic E-state index is 0.248. The molecule has 0 aliphatic heterocycles. The summed E-state index contributed by atoms with van der Waals surface area (Å²) in [6.07, 6.45) is 1.14. The van der Waals surface area contributed by atoms with Crippen LogP contribution in [0.1, 0.15) is 32.8 Å². The molecule has 74 valence electrons. The minimum Gasteiger partial charge on any atom is -0.138 e. The average Bonchev–Trinajstić information content (AvgIpc) is 2.64. The van der Waals surface area contributed by atoms with Gasteiger partial charge in [-0.2, -0.15) is 0 Å². The summed E-state index contributed by atoms with van der Waals surface area (Å²) in [6.45, 7) is 6.75. The normalized spacial score (nSPS) is 12.2. The zero-order valence-electron chi connectivity index (χ0n) is 8.74. The molecule has 0 unspecified atom stereocenters. The van der Waals surface area contributed by atoms with E-state index in [0.717, 1.165) is 11.9 Å². The lowest BCUT2D eigenvalue weighted by atomic mass is 9.82. The third-order valence-corrected chi connectivity index (χ3v) is 3.60. The van der Waals surface area contributed by atoms with Crippen LogP contribution in [0, 0.1) is 0 Å². The number of nitrogens with zero attached hydrogens (tertiary/aromatic N) is 2. The minimum absolute atomic E-state index is 0.248. The molecule has 0 N–H and O–H groups in total. The van der Waals surface area contributed by atoms with Crippen molar-refractivity contribution in [3.8, 4) is 0 Å². The SMILES string of the molecule is CCC(C)(C)c1ccc2nnsc2c1. The highest BCUT2D eigenvalue weighted by Crippen LogP contribution is 2.29. The molecule has 3 heteroatoms. The molecule has 0 aliphatic rings. The van der Waals surface area contributed by atoms with Gasteiger partial charge < -0.3 is 0 Å². The van der Waals surface area contributed by atoms with Crippen molar-refractivity contribution in [2.75, 3.05) is 0 Å². The van der Waals surface area contributed by atoms with Crippen LogP contribution >= 0.6 is 11.5 Å². The summed E-state index contributed by atoms with van der Waals surface area (Å²) in [5, 5.41) is 4.04. The fourth-order valence-electron chi connectivity index (χ4n) is 1.40. The number of benzene rings is 1. The topological polar surface area (TPSA) is 25.8 Å². The van der Waals surface area contributed by atoms with Crippen LogP contribution in [0.15, 0.2) is 18.2 Å². The zero-order valence-corrected chi connectivity index (χ0v) is 9.56. The first-order valence-electron chi connectivity index (χ1n) is 4.86. The van der Waals surface area contributed by atoms with Crippen molar-refractivity contribution in [2.45, 2.75) is 32.6 Å². The highest BCUT2D eigenvalue weighted by Gasteiger charge is 2.18. The predicted molar refractivity (Wildman–Crippen MR) is 60.7 cm³/mol. The molecule has 14 heavy (non-hydrogen) atoms. The van der Waals surface area contributed by atoms with Gasteiger partial charge in [-0.25, -0.2) is 0 Å². The van der Waals surface area contributed by atoms with Gasteiger partial charge in [0.1, 0.15) is 5.52 Å². The summed E-state index contributed by atoms with van der Waals surface area (Å²) in [6, 6.07) is 6.43. The van der Waals surface area contributed by atoms with Gasteiger partial charge in [-0.1, -0.05) is 31.3 Å². The fourth-order valence-corrected chi connectivity index (χ4v) is 2.00. The predicted octanol–water partition coefficient (Wildman–Crippen LogP) is 3.38. The van der Waals surface area contributed by atoms with Crippen LogP contribution in [0.25, 0.3) is 10.2 Å². The highest BCUT2D eigenvalue weighted by molar-refractivity contribution is 7.12. The number of hydrogen-bond donors (Lipinski definition) is 0. The summed E-state index contributed by atoms with van der Waals surface area (Å²) < 4.78 is 5.13. The molecule has 2 rings (SSSR count). The van der Waals surface area contributed by atoms with E-state index in [1.165, 1.54) is 21.8 Å². The zero-order chi connectivity index (χ0) is 10.2. The van der Waals surface area contributed by atoms with Gasteiger partial charge in [-0.3, -0.25) is 0 Å². The second-order valence-electron chi connectivity index (χ2n) is 4.19. The van der Waals surface area contributed by atoms with E-state index in [0.29, 0.717) is 0 Å². The van der Waals surface area contributed by atoms with Crippen LogP contribution in [0.4, 0.5) is 0 Å². The number of hydrogen-bond acceptors (Lipinski definition) is 3. The molecule has 0 radical (unpaired) electrons. The molecule has 2 aromatic rings. The van der Waals surface area contributed by atoms with Crippen molar-refractivity contribution < 1.29 is 0 Å². The lowest BCUT2D eigenvalue weighted by molar-refractivity contribution is 0.507. The van der Waals surface area contributed by atoms with E-state index in [1.807, 2.05) is 0 Å². The summed E-state index contributed by atoms with van der Waals surface area (Å²) in [7, 11) is 0. The maximum atomic E-state index is 4.04. The van der Waals surface area contributed by atoms with Crippen molar-refractivity contribution >= 4 is 21.7 Å². The van der Waals surface area contributed by atoms with E-state index in [4.69, 9.17) is 0 Å². The molecule has 0 saturated carbocycles. The Morgan fingerprint density at radius 2 is 2.14 bits per heavy atom. The molecule has 0 saturated heterocycles. The van der Waals surface area contributed by atoms with Crippen molar-refractivity contribution in [2.24, 2.45) is 0 Å². The maximum absolute atomic E-state index is 4.04. The Bertz CT molecular complexity index is 445. The molecule has 1 heterocycles. The monoisotopic (exact) mass is 206 g/mol. The Hall–Kier alpha value is -0.960. The first-order valence-corrected chi connectivity index (χ1v) is 5.63. The lowest BCUT2D eigenvalue weighted by Gasteiger charge is -2.22. The smallest absolute Gasteiger partial charge is 0.105 e. The molecule has 1 aromatic heterocycles. The standard InChI is InChI=1S/C11H14N2S/c1-4-11(2,3)8-5-6-9-10(7-8)14-13-12-9/h5-7H,4H2,1-3H3. The molecule has 0 bridgehead atoms. The largest absolute Gasteiger partial charge is 0.138 e. The Morgan fingerprint density at radius 1 is 1.36 bits per heavy atom. The number of fused-ring (bicyclic) bond motifs is 1. The first kappa shape index (κ1) is 9.59. The van der Waals surface area contributed by atoms with Crippen molar-refractivity contribution in [1.82, 2.24) is 9.59 Å². The molecule has 0 fully saturated rings. The van der Waals surface area contributed by atoms with Gasteiger partial charge in [-0.15, -0.1) is 5.10 Å². The van der Waals surface area contributed by atoms with Gasteiger partial charge in [0.15, 0.2) is 0 Å². The second kappa shape index (κ2) is 3.31. The number of aromatic nitrogens is 2. The summed E-state index contributed by atoms with van der Waals surface area (Å²) in [5.41, 5.74) is 2.63. The van der Waals surface area contributed by atoms with Crippen LogP contribution in [0.5, 0.6) is 0 Å². The van der Waals surface area contributed by atoms with Crippen LogP contribution in [0.3, 0.4) is 0 Å². The van der Waals surface area contributed by atoms with E-state index < -0.39 is 0 Å². The molecular formula is C11H14N2S. The third kappa shape index (κ3) is 1.52. The van der Waals surface area contributed by atoms with E-state index in [1.54, 1.807) is 0 Å². The van der Waals surface area contributed by atoms with Crippen molar-refractivity contribution in [1.29, 1.82) is 0 Å². The third-order valence-electron chi connectivity index (χ3n) is 2.91. The fraction of sp³-hybridized carbons (Fsp3) is 0.455. The van der Waals surface area contributed by atoms with Gasteiger partial charge >= 0.3 is 0 Å². The average molecular weight is 206 g/mol. The second-order valence-corrected chi connectivity index (χ2v) is 4.98. The van der Waals surface area contributed by atoms with Crippen LogP contribution < -0.4 is 0 Å². The van der Waals surface area contributed by atoms with Gasteiger partial charge in [0, 0.05) is 0 Å². The molecule has 2 nitrogen and oxygen atoms in total. The van der Waals surface area contributed by atoms with Crippen molar-refractivity contribution in [3.05, 3.63) is 23.8 Å². The van der Waals surface area contributed by atoms with Crippen LogP contribution in [-0.2, 0) is 5.41 Å². The van der Waals surface area contributed by atoms with Crippen LogP contribution in [-0.4, -0.2) is 9.59 Å². The Kier molecular flexibility index (Phi) is 2.27. The van der Waals surface area contributed by atoms with E-state index in [2.05, 4.69) is 48.6 Å². The van der Waals surface area contributed by atoms with Gasteiger partial charge in [0.05, 0.1) is 4.70 Å². The highest BCUT2D eigenvalue weighted by atomic mass is 32.1. The lowest BCUT2D eigenvalue weighted by Crippen LogP contribution is -2.14. The first-order chi connectivity index (χ1) is 6.63. The quantitative estimate of drug-likeness (QED) is 0.752. The number of rotatable bonds is 2. The van der Waals surface area contributed by atoms with Crippen LogP contribution in [0.2, 0.25) is 0 Å². The molecule has 0 aliphatic carbocycles. The van der Waals surface area contributed by atoms with Gasteiger partial charge in [-0.05, 0) is 41.1 Å². The molecule has 0 spiro atoms. The van der Waals surface area contributed by atoms with Crippen molar-refractivity contribution in [3.63, 3.8) is 0 Å². The van der Waals surface area contributed by atoms with E-state index in [9.17, 15) is 0 Å². The van der Waals surface area contributed by atoms with E-state index >= 15 is 0 Å². The summed E-state index contributed by atoms with van der Waals surface area (Å²) >= 11 is 1.47. The van der Waals surface area contributed by atoms with E-state index in [-0.39, 0.29) is 5.41 Å².